The number of carbonyl (C=O) groups excluding carboxylic acids is 2. The lowest BCUT2D eigenvalue weighted by Crippen LogP contribution is -2.29. The molecule has 1 fully saturated rings. The van der Waals surface area contributed by atoms with Gasteiger partial charge in [-0.2, -0.15) is 0 Å². The molecule has 186 valence electrons. The number of anilines is 1. The summed E-state index contributed by atoms with van der Waals surface area (Å²) in [5, 5.41) is 11.3. The van der Waals surface area contributed by atoms with E-state index < -0.39 is 17.7 Å². The van der Waals surface area contributed by atoms with E-state index in [1.54, 1.807) is 24.3 Å². The van der Waals surface area contributed by atoms with Gasteiger partial charge in [0.05, 0.1) is 24.8 Å². The summed E-state index contributed by atoms with van der Waals surface area (Å²) in [6.45, 7) is 9.02. The number of aliphatic hydroxyl groups excluding tert-OH is 1. The third kappa shape index (κ3) is 5.13. The van der Waals surface area contributed by atoms with Gasteiger partial charge in [0, 0.05) is 11.3 Å². The Morgan fingerprint density at radius 2 is 1.64 bits per heavy atom. The molecule has 1 unspecified atom stereocenters. The van der Waals surface area contributed by atoms with Crippen molar-refractivity contribution in [3.8, 4) is 11.5 Å². The average Bonchev–Trinajstić information content (AvgIpc) is 3.14. The zero-order chi connectivity index (χ0) is 25.8. The number of ether oxygens (including phenoxy) is 2. The molecule has 1 saturated heterocycles. The van der Waals surface area contributed by atoms with Crippen molar-refractivity contribution >= 4 is 23.1 Å². The van der Waals surface area contributed by atoms with Crippen LogP contribution in [0.3, 0.4) is 0 Å². The maximum atomic E-state index is 13.4. The van der Waals surface area contributed by atoms with Crippen molar-refractivity contribution in [1.82, 2.24) is 0 Å². The van der Waals surface area contributed by atoms with Crippen molar-refractivity contribution < 1.29 is 24.2 Å². The largest absolute Gasteiger partial charge is 0.507 e. The Morgan fingerprint density at radius 3 is 2.28 bits per heavy atom. The lowest BCUT2D eigenvalue weighted by molar-refractivity contribution is -0.132. The molecule has 1 aliphatic heterocycles. The van der Waals surface area contributed by atoms with Crippen molar-refractivity contribution in [3.05, 3.63) is 95.1 Å². The summed E-state index contributed by atoms with van der Waals surface area (Å²) in [5.41, 5.74) is 2.74. The standard InChI is InChI=1S/C30H31NO5/c1-5-35-24-15-11-21(12-16-24)28(32)26-27(22-7-6-8-25(17-22)36-18-19(2)3)31(30(34)29(26)33)23-13-9-20(4)10-14-23/h6-17,19,27,32H,5,18H2,1-4H3/b28-26-. The molecule has 3 aromatic rings. The average molecular weight is 486 g/mol. The van der Waals surface area contributed by atoms with Gasteiger partial charge in [-0.05, 0) is 73.9 Å². The topological polar surface area (TPSA) is 76.1 Å². The number of amides is 1. The van der Waals surface area contributed by atoms with Crippen LogP contribution in [0.15, 0.2) is 78.4 Å². The first-order valence-electron chi connectivity index (χ1n) is 12.1. The maximum Gasteiger partial charge on any atom is 0.300 e. The summed E-state index contributed by atoms with van der Waals surface area (Å²) >= 11 is 0. The molecular formula is C30H31NO5. The zero-order valence-electron chi connectivity index (χ0n) is 21.0. The summed E-state index contributed by atoms with van der Waals surface area (Å²) < 4.78 is 11.4. The molecule has 0 saturated carbocycles. The number of benzene rings is 3. The molecule has 0 radical (unpaired) electrons. The second-order valence-corrected chi connectivity index (χ2v) is 9.24. The zero-order valence-corrected chi connectivity index (χ0v) is 21.0. The van der Waals surface area contributed by atoms with Crippen LogP contribution >= 0.6 is 0 Å². The number of ketones is 1. The van der Waals surface area contributed by atoms with E-state index in [1.807, 2.05) is 62.4 Å². The molecular weight excluding hydrogens is 454 g/mol. The first kappa shape index (κ1) is 25.0. The van der Waals surface area contributed by atoms with Gasteiger partial charge in [-0.1, -0.05) is 43.7 Å². The Balaban J connectivity index is 1.85. The highest BCUT2D eigenvalue weighted by Gasteiger charge is 2.47. The Labute approximate surface area is 211 Å². The van der Waals surface area contributed by atoms with E-state index in [0.717, 1.165) is 5.56 Å². The molecule has 1 aliphatic rings. The lowest BCUT2D eigenvalue weighted by atomic mass is 9.95. The van der Waals surface area contributed by atoms with Gasteiger partial charge < -0.3 is 14.6 Å². The van der Waals surface area contributed by atoms with Gasteiger partial charge in [-0.25, -0.2) is 0 Å². The second-order valence-electron chi connectivity index (χ2n) is 9.24. The van der Waals surface area contributed by atoms with Crippen LogP contribution in [0.25, 0.3) is 5.76 Å². The minimum atomic E-state index is -0.818. The minimum Gasteiger partial charge on any atom is -0.507 e. The molecule has 1 atom stereocenters. The van der Waals surface area contributed by atoms with Gasteiger partial charge in [0.25, 0.3) is 11.7 Å². The van der Waals surface area contributed by atoms with Gasteiger partial charge >= 0.3 is 0 Å². The van der Waals surface area contributed by atoms with Crippen LogP contribution in [0.1, 0.15) is 43.5 Å². The first-order chi connectivity index (χ1) is 17.3. The van der Waals surface area contributed by atoms with Crippen molar-refractivity contribution in [2.45, 2.75) is 33.7 Å². The molecule has 0 aromatic heterocycles. The van der Waals surface area contributed by atoms with Crippen molar-refractivity contribution in [3.63, 3.8) is 0 Å². The molecule has 6 heteroatoms. The first-order valence-corrected chi connectivity index (χ1v) is 12.1. The molecule has 6 nitrogen and oxygen atoms in total. The highest BCUT2D eigenvalue weighted by molar-refractivity contribution is 6.51. The van der Waals surface area contributed by atoms with E-state index >= 15 is 0 Å². The third-order valence-electron chi connectivity index (χ3n) is 5.95. The van der Waals surface area contributed by atoms with E-state index in [1.165, 1.54) is 4.90 Å². The Kier molecular flexibility index (Phi) is 7.44. The van der Waals surface area contributed by atoms with E-state index in [9.17, 15) is 14.7 Å². The van der Waals surface area contributed by atoms with Crippen molar-refractivity contribution in [2.75, 3.05) is 18.1 Å². The lowest BCUT2D eigenvalue weighted by Gasteiger charge is -2.26. The van der Waals surface area contributed by atoms with Crippen LogP contribution in [-0.4, -0.2) is 30.0 Å². The molecule has 0 spiro atoms. The number of hydrogen-bond acceptors (Lipinski definition) is 5. The molecule has 0 bridgehead atoms. The summed E-state index contributed by atoms with van der Waals surface area (Å²) in [6, 6.07) is 20.7. The fraction of sp³-hybridized carbons (Fsp3) is 0.267. The van der Waals surface area contributed by atoms with E-state index in [0.29, 0.717) is 47.4 Å². The third-order valence-corrected chi connectivity index (χ3v) is 5.95. The quantitative estimate of drug-likeness (QED) is 0.239. The maximum absolute atomic E-state index is 13.4. The van der Waals surface area contributed by atoms with Crippen LogP contribution in [0.4, 0.5) is 5.69 Å². The van der Waals surface area contributed by atoms with Gasteiger partial charge in [-0.15, -0.1) is 0 Å². The molecule has 3 aromatic carbocycles. The van der Waals surface area contributed by atoms with Gasteiger partial charge in [-0.3, -0.25) is 14.5 Å². The number of nitrogens with zero attached hydrogens (tertiary/aromatic N) is 1. The van der Waals surface area contributed by atoms with Crippen LogP contribution in [0.5, 0.6) is 11.5 Å². The molecule has 36 heavy (non-hydrogen) atoms. The minimum absolute atomic E-state index is 0.0331. The molecule has 4 rings (SSSR count). The van der Waals surface area contributed by atoms with Crippen LogP contribution in [0.2, 0.25) is 0 Å². The smallest absolute Gasteiger partial charge is 0.300 e. The highest BCUT2D eigenvalue weighted by atomic mass is 16.5. The second kappa shape index (κ2) is 10.7. The summed E-state index contributed by atoms with van der Waals surface area (Å²) in [7, 11) is 0. The highest BCUT2D eigenvalue weighted by Crippen LogP contribution is 2.43. The number of hydrogen-bond donors (Lipinski definition) is 1. The summed E-state index contributed by atoms with van der Waals surface area (Å²) in [4.78, 5) is 28.1. The number of aryl methyl sites for hydroxylation is 1. The normalized spacial score (nSPS) is 17.0. The van der Waals surface area contributed by atoms with Crippen molar-refractivity contribution in [2.24, 2.45) is 5.92 Å². The summed E-state index contributed by atoms with van der Waals surface area (Å²) in [6.07, 6.45) is 0. The predicted octanol–water partition coefficient (Wildman–Crippen LogP) is 6.05. The number of Topliss-reactive ketones (excluding diaryl/α,β-unsaturated/α-hetero) is 1. The van der Waals surface area contributed by atoms with Crippen LogP contribution < -0.4 is 14.4 Å². The molecule has 0 aliphatic carbocycles. The number of rotatable bonds is 8. The summed E-state index contributed by atoms with van der Waals surface area (Å²) in [5.74, 6) is -0.0289. The van der Waals surface area contributed by atoms with Crippen molar-refractivity contribution in [1.29, 1.82) is 0 Å². The number of carbonyl (C=O) groups is 2. The monoisotopic (exact) mass is 485 g/mol. The van der Waals surface area contributed by atoms with Gasteiger partial charge in [0.2, 0.25) is 0 Å². The fourth-order valence-corrected chi connectivity index (χ4v) is 4.19. The predicted molar refractivity (Wildman–Crippen MR) is 140 cm³/mol. The fourth-order valence-electron chi connectivity index (χ4n) is 4.19. The Bertz CT molecular complexity index is 1280. The Hall–Kier alpha value is -4.06. The number of aliphatic hydroxyl groups is 1. The van der Waals surface area contributed by atoms with E-state index in [2.05, 4.69) is 13.8 Å². The van der Waals surface area contributed by atoms with Crippen LogP contribution in [-0.2, 0) is 9.59 Å². The SMILES string of the molecule is CCOc1ccc(/C(O)=C2/C(=O)C(=O)N(c3ccc(C)cc3)C2c2cccc(OCC(C)C)c2)cc1. The van der Waals surface area contributed by atoms with Gasteiger partial charge in [0.15, 0.2) is 0 Å². The van der Waals surface area contributed by atoms with Gasteiger partial charge in [0.1, 0.15) is 17.3 Å². The van der Waals surface area contributed by atoms with Crippen LogP contribution in [0, 0.1) is 12.8 Å². The molecule has 1 N–H and O–H groups in total. The van der Waals surface area contributed by atoms with E-state index in [4.69, 9.17) is 9.47 Å². The molecule has 1 heterocycles. The molecule has 1 amide bonds. The Morgan fingerprint density at radius 1 is 0.944 bits per heavy atom. The van der Waals surface area contributed by atoms with E-state index in [-0.39, 0.29) is 11.3 Å².